The van der Waals surface area contributed by atoms with Gasteiger partial charge in [-0.15, -0.1) is 0 Å². The zero-order valence-electron chi connectivity index (χ0n) is 14.8. The van der Waals surface area contributed by atoms with Crippen molar-refractivity contribution in [3.05, 3.63) is 46.0 Å². The molecule has 0 radical (unpaired) electrons. The second-order valence-electron chi connectivity index (χ2n) is 6.90. The van der Waals surface area contributed by atoms with Crippen molar-refractivity contribution in [1.82, 2.24) is 4.90 Å². The Labute approximate surface area is 147 Å². The van der Waals surface area contributed by atoms with Crippen molar-refractivity contribution in [1.29, 1.82) is 0 Å². The quantitative estimate of drug-likeness (QED) is 0.879. The summed E-state index contributed by atoms with van der Waals surface area (Å²) in [6, 6.07) is 5.84. The molecule has 0 spiro atoms. The zero-order valence-corrected chi connectivity index (χ0v) is 14.8. The van der Waals surface area contributed by atoms with Crippen molar-refractivity contribution in [2.24, 2.45) is 0 Å². The lowest BCUT2D eigenvalue weighted by molar-refractivity contribution is 0.228. The van der Waals surface area contributed by atoms with Gasteiger partial charge in [-0.05, 0) is 60.3 Å². The second-order valence-corrected chi connectivity index (χ2v) is 6.90. The number of ether oxygens (including phenoxy) is 2. The molecule has 132 valence electrons. The zero-order chi connectivity index (χ0) is 17.7. The topological polar surface area (TPSA) is 62.2 Å². The Balaban J connectivity index is 1.96. The minimum Gasteiger partial charge on any atom is -0.504 e. The third kappa shape index (κ3) is 2.42. The Kier molecular flexibility index (Phi) is 3.76. The average Bonchev–Trinajstić information content (AvgIpc) is 2.77. The highest BCUT2D eigenvalue weighted by atomic mass is 16.5. The van der Waals surface area contributed by atoms with E-state index in [4.69, 9.17) is 9.47 Å². The van der Waals surface area contributed by atoms with E-state index in [-0.39, 0.29) is 17.5 Å². The molecule has 5 nitrogen and oxygen atoms in total. The molecule has 1 aliphatic heterocycles. The standard InChI is InChI=1S/C20H23NO4/c1-21-5-4-11-9-18(25-3)20(23)14-6-12-10-17(24-2)16(22)8-13(12)7-15(21)19(11)14/h8-10,15,22-23H,4-7H2,1-3H3. The van der Waals surface area contributed by atoms with Crippen molar-refractivity contribution in [2.45, 2.75) is 25.3 Å². The number of rotatable bonds is 2. The largest absolute Gasteiger partial charge is 0.504 e. The van der Waals surface area contributed by atoms with Gasteiger partial charge in [-0.25, -0.2) is 0 Å². The van der Waals surface area contributed by atoms with E-state index in [2.05, 4.69) is 11.9 Å². The first-order chi connectivity index (χ1) is 12.0. The number of nitrogens with zero attached hydrogens (tertiary/aromatic N) is 1. The highest BCUT2D eigenvalue weighted by Gasteiger charge is 2.34. The molecule has 0 fully saturated rings. The van der Waals surface area contributed by atoms with Gasteiger partial charge in [-0.2, -0.15) is 0 Å². The number of phenols is 2. The summed E-state index contributed by atoms with van der Waals surface area (Å²) in [5.74, 6) is 1.38. The summed E-state index contributed by atoms with van der Waals surface area (Å²) in [5.41, 5.74) is 5.55. The van der Waals surface area contributed by atoms with Crippen LogP contribution >= 0.6 is 0 Å². The molecule has 2 aromatic rings. The van der Waals surface area contributed by atoms with Crippen LogP contribution in [-0.4, -0.2) is 42.9 Å². The van der Waals surface area contributed by atoms with Gasteiger partial charge in [0.1, 0.15) is 0 Å². The van der Waals surface area contributed by atoms with E-state index in [0.29, 0.717) is 17.9 Å². The van der Waals surface area contributed by atoms with Gasteiger partial charge in [-0.3, -0.25) is 4.90 Å². The monoisotopic (exact) mass is 341 g/mol. The van der Waals surface area contributed by atoms with Gasteiger partial charge in [0.25, 0.3) is 0 Å². The fraction of sp³-hybridized carbons (Fsp3) is 0.400. The first-order valence-corrected chi connectivity index (χ1v) is 8.54. The number of aromatic hydroxyl groups is 2. The van der Waals surface area contributed by atoms with E-state index in [1.54, 1.807) is 20.3 Å². The third-order valence-electron chi connectivity index (χ3n) is 5.60. The van der Waals surface area contributed by atoms with Crippen LogP contribution in [0.15, 0.2) is 18.2 Å². The molecule has 1 aliphatic carbocycles. The number of hydrogen-bond acceptors (Lipinski definition) is 5. The maximum Gasteiger partial charge on any atom is 0.161 e. The highest BCUT2D eigenvalue weighted by Crippen LogP contribution is 2.47. The fourth-order valence-electron chi connectivity index (χ4n) is 4.23. The Bertz CT molecular complexity index is 846. The molecule has 0 aromatic heterocycles. The predicted molar refractivity (Wildman–Crippen MR) is 94.9 cm³/mol. The molecule has 4 rings (SSSR count). The molecule has 0 saturated carbocycles. The van der Waals surface area contributed by atoms with Gasteiger partial charge < -0.3 is 19.7 Å². The van der Waals surface area contributed by atoms with Gasteiger partial charge in [0.15, 0.2) is 23.0 Å². The molecule has 25 heavy (non-hydrogen) atoms. The van der Waals surface area contributed by atoms with Crippen LogP contribution in [0.1, 0.15) is 33.9 Å². The normalized spacial score (nSPS) is 18.9. The molecular formula is C20H23NO4. The van der Waals surface area contributed by atoms with Crippen LogP contribution in [0.25, 0.3) is 0 Å². The molecular weight excluding hydrogens is 318 g/mol. The van der Waals surface area contributed by atoms with Crippen LogP contribution < -0.4 is 9.47 Å². The molecule has 2 aromatic carbocycles. The molecule has 1 atom stereocenters. The molecule has 2 aliphatic rings. The van der Waals surface area contributed by atoms with Gasteiger partial charge in [-0.1, -0.05) is 0 Å². The summed E-state index contributed by atoms with van der Waals surface area (Å²) >= 11 is 0. The van der Waals surface area contributed by atoms with Crippen LogP contribution in [0.5, 0.6) is 23.0 Å². The van der Waals surface area contributed by atoms with Crippen LogP contribution in [-0.2, 0) is 19.3 Å². The summed E-state index contributed by atoms with van der Waals surface area (Å²) in [4.78, 5) is 2.33. The predicted octanol–water partition coefficient (Wildman–Crippen LogP) is 2.79. The van der Waals surface area contributed by atoms with Crippen molar-refractivity contribution in [3.63, 3.8) is 0 Å². The number of phenolic OH excluding ortho intramolecular Hbond substituents is 2. The SMILES string of the molecule is COc1cc2c(cc1O)CC1c3c(cc(OC)c(O)c3C2)CCN1C. The summed E-state index contributed by atoms with van der Waals surface area (Å²) in [6.07, 6.45) is 2.34. The molecule has 5 heteroatoms. The van der Waals surface area contributed by atoms with Crippen LogP contribution in [0.4, 0.5) is 0 Å². The summed E-state index contributed by atoms with van der Waals surface area (Å²) < 4.78 is 10.7. The van der Waals surface area contributed by atoms with E-state index in [1.807, 2.05) is 12.1 Å². The number of likely N-dealkylation sites (N-methyl/N-ethyl adjacent to an activating group) is 1. The third-order valence-corrected chi connectivity index (χ3v) is 5.60. The van der Waals surface area contributed by atoms with Gasteiger partial charge in [0, 0.05) is 24.6 Å². The molecule has 1 unspecified atom stereocenters. The lowest BCUT2D eigenvalue weighted by Gasteiger charge is -2.35. The van der Waals surface area contributed by atoms with Crippen molar-refractivity contribution < 1.29 is 19.7 Å². The highest BCUT2D eigenvalue weighted by molar-refractivity contribution is 5.60. The van der Waals surface area contributed by atoms with Crippen molar-refractivity contribution in [3.8, 4) is 23.0 Å². The molecule has 0 bridgehead atoms. The second kappa shape index (κ2) is 5.85. The molecule has 1 heterocycles. The number of hydrogen-bond donors (Lipinski definition) is 2. The molecule has 0 saturated heterocycles. The van der Waals surface area contributed by atoms with Crippen LogP contribution in [0.3, 0.4) is 0 Å². The first kappa shape index (κ1) is 16.1. The lowest BCUT2D eigenvalue weighted by Crippen LogP contribution is -2.33. The molecule has 2 N–H and O–H groups in total. The Morgan fingerprint density at radius 1 is 1.00 bits per heavy atom. The summed E-state index contributed by atoms with van der Waals surface area (Å²) in [5, 5.41) is 21.0. The smallest absolute Gasteiger partial charge is 0.161 e. The van der Waals surface area contributed by atoms with Crippen molar-refractivity contribution >= 4 is 0 Å². The van der Waals surface area contributed by atoms with E-state index >= 15 is 0 Å². The maximum absolute atomic E-state index is 10.8. The fourth-order valence-corrected chi connectivity index (χ4v) is 4.23. The minimum atomic E-state index is 0.160. The van der Waals surface area contributed by atoms with E-state index in [1.165, 1.54) is 11.1 Å². The minimum absolute atomic E-state index is 0.160. The van der Waals surface area contributed by atoms with Crippen molar-refractivity contribution in [2.75, 3.05) is 27.8 Å². The first-order valence-electron chi connectivity index (χ1n) is 8.54. The summed E-state index contributed by atoms with van der Waals surface area (Å²) in [6.45, 7) is 0.961. The van der Waals surface area contributed by atoms with Crippen LogP contribution in [0.2, 0.25) is 0 Å². The number of fused-ring (bicyclic) bond motifs is 1. The number of methoxy groups -OCH3 is 2. The van der Waals surface area contributed by atoms with Crippen LogP contribution in [0, 0.1) is 0 Å². The average molecular weight is 341 g/mol. The summed E-state index contributed by atoms with van der Waals surface area (Å²) in [7, 11) is 5.26. The maximum atomic E-state index is 10.8. The van der Waals surface area contributed by atoms with Gasteiger partial charge in [0.2, 0.25) is 0 Å². The number of benzene rings is 2. The van der Waals surface area contributed by atoms with E-state index in [9.17, 15) is 10.2 Å². The Morgan fingerprint density at radius 3 is 2.44 bits per heavy atom. The van der Waals surface area contributed by atoms with E-state index < -0.39 is 0 Å². The molecule has 0 amide bonds. The van der Waals surface area contributed by atoms with E-state index in [0.717, 1.165) is 36.1 Å². The van der Waals surface area contributed by atoms with Gasteiger partial charge >= 0.3 is 0 Å². The van der Waals surface area contributed by atoms with Gasteiger partial charge in [0.05, 0.1) is 14.2 Å². The lowest BCUT2D eigenvalue weighted by atomic mass is 9.86. The Morgan fingerprint density at radius 2 is 1.72 bits per heavy atom. The Hall–Kier alpha value is -2.40.